The predicted octanol–water partition coefficient (Wildman–Crippen LogP) is 3.73. The third-order valence-electron chi connectivity index (χ3n) is 2.48. The van der Waals surface area contributed by atoms with Crippen molar-refractivity contribution in [1.82, 2.24) is 0 Å². The molecule has 4 heteroatoms. The summed E-state index contributed by atoms with van der Waals surface area (Å²) in [6.07, 6.45) is 0. The van der Waals surface area contributed by atoms with Gasteiger partial charge < -0.3 is 5.11 Å². The van der Waals surface area contributed by atoms with Crippen molar-refractivity contribution in [2.75, 3.05) is 0 Å². The van der Waals surface area contributed by atoms with Gasteiger partial charge in [0.05, 0.1) is 5.92 Å². The standard InChI is InChI=1S/C12H14ClFO2/c1-7(11(15)16)8-5-4-6-9(13)10(8)12(2,3)14/h4-7H,1-3H3,(H,15,16). The SMILES string of the molecule is CC(C(=O)O)c1cccc(Cl)c1C(C)(C)F. The average molecular weight is 245 g/mol. The Labute approximate surface area is 99.0 Å². The molecule has 1 aromatic rings. The van der Waals surface area contributed by atoms with Gasteiger partial charge in [-0.1, -0.05) is 23.7 Å². The van der Waals surface area contributed by atoms with E-state index in [2.05, 4.69) is 0 Å². The van der Waals surface area contributed by atoms with E-state index in [4.69, 9.17) is 16.7 Å². The summed E-state index contributed by atoms with van der Waals surface area (Å²) in [5, 5.41) is 9.21. The third-order valence-corrected chi connectivity index (χ3v) is 2.79. The molecule has 2 nitrogen and oxygen atoms in total. The Morgan fingerprint density at radius 3 is 2.50 bits per heavy atom. The summed E-state index contributed by atoms with van der Waals surface area (Å²) in [4.78, 5) is 10.9. The lowest BCUT2D eigenvalue weighted by Gasteiger charge is -2.22. The number of hydrogen-bond donors (Lipinski definition) is 1. The maximum Gasteiger partial charge on any atom is 0.310 e. The molecule has 0 bridgehead atoms. The van der Waals surface area contributed by atoms with Crippen molar-refractivity contribution in [2.24, 2.45) is 0 Å². The van der Waals surface area contributed by atoms with Crippen LogP contribution >= 0.6 is 11.6 Å². The van der Waals surface area contributed by atoms with Crippen LogP contribution in [0.2, 0.25) is 5.02 Å². The first-order chi connectivity index (χ1) is 7.25. The molecule has 0 amide bonds. The van der Waals surface area contributed by atoms with Gasteiger partial charge in [0.1, 0.15) is 5.67 Å². The van der Waals surface area contributed by atoms with Crippen molar-refractivity contribution in [3.05, 3.63) is 34.3 Å². The second kappa shape index (κ2) is 4.42. The van der Waals surface area contributed by atoms with Crippen LogP contribution < -0.4 is 0 Å². The number of rotatable bonds is 3. The Bertz CT molecular complexity index is 410. The molecule has 88 valence electrons. The molecule has 1 rings (SSSR count). The van der Waals surface area contributed by atoms with E-state index >= 15 is 0 Å². The summed E-state index contributed by atoms with van der Waals surface area (Å²) >= 11 is 5.93. The lowest BCUT2D eigenvalue weighted by Crippen LogP contribution is -2.18. The molecule has 0 saturated heterocycles. The van der Waals surface area contributed by atoms with Crippen LogP contribution in [0.5, 0.6) is 0 Å². The monoisotopic (exact) mass is 244 g/mol. The molecule has 0 aromatic heterocycles. The number of halogens is 2. The van der Waals surface area contributed by atoms with Crippen LogP contribution in [0.4, 0.5) is 4.39 Å². The Balaban J connectivity index is 3.40. The number of hydrogen-bond acceptors (Lipinski definition) is 1. The molecule has 0 aliphatic rings. The highest BCUT2D eigenvalue weighted by atomic mass is 35.5. The molecule has 0 saturated carbocycles. The highest BCUT2D eigenvalue weighted by Gasteiger charge is 2.29. The third kappa shape index (κ3) is 2.53. The molecule has 0 heterocycles. The molecule has 0 radical (unpaired) electrons. The van der Waals surface area contributed by atoms with Gasteiger partial charge in [-0.3, -0.25) is 4.79 Å². The van der Waals surface area contributed by atoms with Crippen molar-refractivity contribution < 1.29 is 14.3 Å². The zero-order valence-corrected chi connectivity index (χ0v) is 10.2. The zero-order chi connectivity index (χ0) is 12.5. The predicted molar refractivity (Wildman–Crippen MR) is 61.6 cm³/mol. The lowest BCUT2D eigenvalue weighted by atomic mass is 9.88. The second-order valence-electron chi connectivity index (χ2n) is 4.24. The maximum atomic E-state index is 14.0. The Hall–Kier alpha value is -1.09. The Kier molecular flexibility index (Phi) is 3.58. The van der Waals surface area contributed by atoms with Crippen LogP contribution in [0.25, 0.3) is 0 Å². The van der Waals surface area contributed by atoms with Crippen LogP contribution in [0.1, 0.15) is 37.8 Å². The second-order valence-corrected chi connectivity index (χ2v) is 4.64. The molecule has 0 fully saturated rings. The van der Waals surface area contributed by atoms with Crippen molar-refractivity contribution in [3.8, 4) is 0 Å². The van der Waals surface area contributed by atoms with Gasteiger partial charge in [0.25, 0.3) is 0 Å². The van der Waals surface area contributed by atoms with Gasteiger partial charge in [0.15, 0.2) is 0 Å². The first-order valence-corrected chi connectivity index (χ1v) is 5.33. The number of carbonyl (C=O) groups is 1. The molecule has 0 aliphatic heterocycles. The summed E-state index contributed by atoms with van der Waals surface area (Å²) < 4.78 is 14.0. The summed E-state index contributed by atoms with van der Waals surface area (Å²) in [5.74, 6) is -1.77. The minimum atomic E-state index is -1.66. The first-order valence-electron chi connectivity index (χ1n) is 4.95. The largest absolute Gasteiger partial charge is 0.481 e. The van der Waals surface area contributed by atoms with Gasteiger partial charge in [-0.05, 0) is 32.4 Å². The fourth-order valence-corrected chi connectivity index (χ4v) is 2.07. The number of alkyl halides is 1. The smallest absolute Gasteiger partial charge is 0.310 e. The van der Waals surface area contributed by atoms with Crippen LogP contribution in [-0.2, 0) is 10.5 Å². The van der Waals surface area contributed by atoms with E-state index in [1.165, 1.54) is 20.8 Å². The van der Waals surface area contributed by atoms with Gasteiger partial charge in [-0.25, -0.2) is 4.39 Å². The Morgan fingerprint density at radius 2 is 2.06 bits per heavy atom. The minimum Gasteiger partial charge on any atom is -0.481 e. The van der Waals surface area contributed by atoms with Crippen molar-refractivity contribution in [2.45, 2.75) is 32.4 Å². The quantitative estimate of drug-likeness (QED) is 0.880. The fourth-order valence-electron chi connectivity index (χ4n) is 1.66. The topological polar surface area (TPSA) is 37.3 Å². The minimum absolute atomic E-state index is 0.256. The van der Waals surface area contributed by atoms with Gasteiger partial charge >= 0.3 is 5.97 Å². The van der Waals surface area contributed by atoms with Crippen molar-refractivity contribution in [1.29, 1.82) is 0 Å². The van der Waals surface area contributed by atoms with Gasteiger partial charge in [-0.2, -0.15) is 0 Å². The van der Waals surface area contributed by atoms with E-state index in [1.54, 1.807) is 18.2 Å². The van der Waals surface area contributed by atoms with E-state index in [0.29, 0.717) is 5.56 Å². The van der Waals surface area contributed by atoms with E-state index in [1.807, 2.05) is 0 Å². The van der Waals surface area contributed by atoms with Gasteiger partial charge in [-0.15, -0.1) is 0 Å². The molecular formula is C12H14ClFO2. The number of benzene rings is 1. The summed E-state index contributed by atoms with van der Waals surface area (Å²) in [7, 11) is 0. The molecule has 0 aliphatic carbocycles. The summed E-state index contributed by atoms with van der Waals surface area (Å²) in [6.45, 7) is 4.25. The maximum absolute atomic E-state index is 14.0. The highest BCUT2D eigenvalue weighted by molar-refractivity contribution is 6.31. The average Bonchev–Trinajstić information content (AvgIpc) is 2.14. The first kappa shape index (κ1) is 13.0. The van der Waals surface area contributed by atoms with Gasteiger partial charge in [0, 0.05) is 10.6 Å². The van der Waals surface area contributed by atoms with E-state index in [9.17, 15) is 9.18 Å². The molecule has 0 spiro atoms. The zero-order valence-electron chi connectivity index (χ0n) is 9.42. The summed E-state index contributed by atoms with van der Waals surface area (Å²) in [5.41, 5.74) is -0.976. The van der Waals surface area contributed by atoms with Crippen LogP contribution in [-0.4, -0.2) is 11.1 Å². The molecule has 1 aromatic carbocycles. The molecule has 1 unspecified atom stereocenters. The van der Waals surface area contributed by atoms with Crippen molar-refractivity contribution >= 4 is 17.6 Å². The summed E-state index contributed by atoms with van der Waals surface area (Å²) in [6, 6.07) is 4.80. The lowest BCUT2D eigenvalue weighted by molar-refractivity contribution is -0.138. The Morgan fingerprint density at radius 1 is 1.50 bits per heavy atom. The van der Waals surface area contributed by atoms with Gasteiger partial charge in [0.2, 0.25) is 0 Å². The van der Waals surface area contributed by atoms with Crippen LogP contribution in [0.15, 0.2) is 18.2 Å². The molecule has 16 heavy (non-hydrogen) atoms. The molecule has 1 atom stereocenters. The normalized spacial score (nSPS) is 13.6. The highest BCUT2D eigenvalue weighted by Crippen LogP contribution is 2.37. The van der Waals surface area contributed by atoms with Crippen LogP contribution in [0.3, 0.4) is 0 Å². The number of carboxylic acids is 1. The van der Waals surface area contributed by atoms with Crippen LogP contribution in [0, 0.1) is 0 Å². The number of aliphatic carboxylic acids is 1. The van der Waals surface area contributed by atoms with E-state index < -0.39 is 17.6 Å². The molecular weight excluding hydrogens is 231 g/mol. The fraction of sp³-hybridized carbons (Fsp3) is 0.417. The van der Waals surface area contributed by atoms with Crippen molar-refractivity contribution in [3.63, 3.8) is 0 Å². The van der Waals surface area contributed by atoms with E-state index in [-0.39, 0.29) is 10.6 Å². The number of carboxylic acid groups (broad SMARTS) is 1. The van der Waals surface area contributed by atoms with E-state index in [0.717, 1.165) is 0 Å². The molecule has 1 N–H and O–H groups in total.